The van der Waals surface area contributed by atoms with Crippen molar-refractivity contribution in [1.82, 2.24) is 0 Å². The summed E-state index contributed by atoms with van der Waals surface area (Å²) in [4.78, 5) is 0. The zero-order valence-electron chi connectivity index (χ0n) is 13.6. The molecule has 0 aliphatic carbocycles. The molecule has 0 heterocycles. The van der Waals surface area contributed by atoms with Gasteiger partial charge in [-0.3, -0.25) is 0 Å². The van der Waals surface area contributed by atoms with E-state index in [9.17, 15) is 5.11 Å². The molecule has 2 rings (SSSR count). The summed E-state index contributed by atoms with van der Waals surface area (Å²) in [7, 11) is 0. The van der Waals surface area contributed by atoms with Crippen LogP contribution in [0.2, 0.25) is 0 Å². The van der Waals surface area contributed by atoms with Gasteiger partial charge in [-0.15, -0.1) is 0 Å². The van der Waals surface area contributed by atoms with Gasteiger partial charge in [-0.1, -0.05) is 64.1 Å². The topological polar surface area (TPSA) is 20.2 Å². The number of phenols is 1. The van der Waals surface area contributed by atoms with E-state index < -0.39 is 0 Å². The lowest BCUT2D eigenvalue weighted by Crippen LogP contribution is -2.18. The van der Waals surface area contributed by atoms with E-state index in [1.54, 1.807) is 12.1 Å². The van der Waals surface area contributed by atoms with Crippen LogP contribution in [0.1, 0.15) is 63.1 Å². The maximum absolute atomic E-state index is 9.44. The molecule has 0 unspecified atom stereocenters. The van der Waals surface area contributed by atoms with Gasteiger partial charge in [0.2, 0.25) is 0 Å². The highest BCUT2D eigenvalue weighted by Crippen LogP contribution is 2.33. The molecule has 0 amide bonds. The Balaban J connectivity index is 2.30. The number of hydrogen-bond donors (Lipinski definition) is 1. The van der Waals surface area contributed by atoms with Gasteiger partial charge in [0.15, 0.2) is 0 Å². The molecule has 0 atom stereocenters. The molecule has 0 saturated heterocycles. The number of hydrogen-bond acceptors (Lipinski definition) is 1. The Hall–Kier alpha value is -1.76. The van der Waals surface area contributed by atoms with Gasteiger partial charge in [0, 0.05) is 5.41 Å². The molecule has 112 valence electrons. The second-order valence-corrected chi connectivity index (χ2v) is 6.31. The Morgan fingerprint density at radius 1 is 0.810 bits per heavy atom. The number of benzene rings is 2. The van der Waals surface area contributed by atoms with E-state index in [1.807, 2.05) is 12.1 Å². The smallest absolute Gasteiger partial charge is 0.115 e. The van der Waals surface area contributed by atoms with Gasteiger partial charge in [-0.2, -0.15) is 0 Å². The predicted octanol–water partition coefficient (Wildman–Crippen LogP) is 5.62. The predicted molar refractivity (Wildman–Crippen MR) is 90.0 cm³/mol. The third-order valence-electron chi connectivity index (χ3n) is 4.68. The van der Waals surface area contributed by atoms with E-state index >= 15 is 0 Å². The van der Waals surface area contributed by atoms with Crippen molar-refractivity contribution in [2.75, 3.05) is 0 Å². The van der Waals surface area contributed by atoms with Crippen molar-refractivity contribution in [3.05, 3.63) is 65.2 Å². The van der Waals surface area contributed by atoms with Gasteiger partial charge >= 0.3 is 0 Å². The van der Waals surface area contributed by atoms with Crippen LogP contribution < -0.4 is 0 Å². The molecule has 1 heteroatoms. The summed E-state index contributed by atoms with van der Waals surface area (Å²) in [5.41, 5.74) is 3.91. The van der Waals surface area contributed by atoms with Crippen LogP contribution >= 0.6 is 0 Å². The van der Waals surface area contributed by atoms with Crippen LogP contribution in [0, 0.1) is 0 Å². The Labute approximate surface area is 128 Å². The highest BCUT2D eigenvalue weighted by Gasteiger charge is 2.23. The van der Waals surface area contributed by atoms with Crippen molar-refractivity contribution in [2.24, 2.45) is 0 Å². The molecule has 0 spiro atoms. The van der Waals surface area contributed by atoms with Crippen LogP contribution in [0.5, 0.6) is 5.75 Å². The van der Waals surface area contributed by atoms with Crippen LogP contribution in [-0.4, -0.2) is 5.11 Å². The monoisotopic (exact) mass is 282 g/mol. The average Bonchev–Trinajstić information content (AvgIpc) is 2.49. The fourth-order valence-electron chi connectivity index (χ4n) is 2.98. The highest BCUT2D eigenvalue weighted by atomic mass is 16.3. The van der Waals surface area contributed by atoms with E-state index in [2.05, 4.69) is 52.0 Å². The first kappa shape index (κ1) is 15.6. The Morgan fingerprint density at radius 3 is 1.67 bits per heavy atom. The van der Waals surface area contributed by atoms with Crippen LogP contribution in [0.3, 0.4) is 0 Å². The van der Waals surface area contributed by atoms with Gasteiger partial charge in [0.05, 0.1) is 0 Å². The molecule has 21 heavy (non-hydrogen) atoms. The van der Waals surface area contributed by atoms with Gasteiger partial charge < -0.3 is 5.11 Å². The zero-order valence-corrected chi connectivity index (χ0v) is 13.6. The van der Waals surface area contributed by atoms with Crippen molar-refractivity contribution in [1.29, 1.82) is 0 Å². The lowest BCUT2D eigenvalue weighted by molar-refractivity contribution is 0.474. The molecule has 0 saturated carbocycles. The van der Waals surface area contributed by atoms with Crippen molar-refractivity contribution in [2.45, 2.75) is 51.9 Å². The van der Waals surface area contributed by atoms with Crippen molar-refractivity contribution in [3.63, 3.8) is 0 Å². The standard InChI is InChI=1S/C20H26O/c1-5-15(6-2)16-7-9-17(10-8-16)20(3,4)18-11-13-19(21)14-12-18/h7-15,21H,5-6H2,1-4H3. The minimum absolute atomic E-state index is 0.0554. The summed E-state index contributed by atoms with van der Waals surface area (Å²) >= 11 is 0. The molecule has 0 fully saturated rings. The van der Waals surface area contributed by atoms with Crippen molar-refractivity contribution in [3.8, 4) is 5.75 Å². The molecular weight excluding hydrogens is 256 g/mol. The van der Waals surface area contributed by atoms with Crippen molar-refractivity contribution >= 4 is 0 Å². The summed E-state index contributed by atoms with van der Waals surface area (Å²) in [5, 5.41) is 9.44. The molecule has 1 N–H and O–H groups in total. The molecule has 0 radical (unpaired) electrons. The largest absolute Gasteiger partial charge is 0.508 e. The van der Waals surface area contributed by atoms with E-state index in [1.165, 1.54) is 29.5 Å². The third kappa shape index (κ3) is 3.29. The number of rotatable bonds is 5. The Morgan fingerprint density at radius 2 is 1.24 bits per heavy atom. The Kier molecular flexibility index (Phi) is 4.72. The Bertz CT molecular complexity index is 560. The zero-order chi connectivity index (χ0) is 15.5. The first-order valence-electron chi connectivity index (χ1n) is 7.89. The number of aromatic hydroxyl groups is 1. The fraction of sp³-hybridized carbons (Fsp3) is 0.400. The summed E-state index contributed by atoms with van der Waals surface area (Å²) in [6, 6.07) is 16.6. The SMILES string of the molecule is CCC(CC)c1ccc(C(C)(C)c2ccc(O)cc2)cc1. The van der Waals surface area contributed by atoms with Gasteiger partial charge in [-0.05, 0) is 47.6 Å². The minimum atomic E-state index is -0.0554. The summed E-state index contributed by atoms with van der Waals surface area (Å²) in [6.45, 7) is 8.96. The quantitative estimate of drug-likeness (QED) is 0.754. The van der Waals surface area contributed by atoms with E-state index in [-0.39, 0.29) is 5.41 Å². The molecule has 0 aliphatic heterocycles. The molecule has 2 aromatic carbocycles. The molecule has 2 aromatic rings. The second-order valence-electron chi connectivity index (χ2n) is 6.31. The first-order valence-corrected chi connectivity index (χ1v) is 7.89. The van der Waals surface area contributed by atoms with E-state index in [0.29, 0.717) is 11.7 Å². The molecule has 0 bridgehead atoms. The molecular formula is C20H26O. The van der Waals surface area contributed by atoms with Crippen LogP contribution in [0.4, 0.5) is 0 Å². The summed E-state index contributed by atoms with van der Waals surface area (Å²) in [5.74, 6) is 0.981. The van der Waals surface area contributed by atoms with Crippen LogP contribution in [-0.2, 0) is 5.41 Å². The van der Waals surface area contributed by atoms with E-state index in [4.69, 9.17) is 0 Å². The van der Waals surface area contributed by atoms with Crippen LogP contribution in [0.15, 0.2) is 48.5 Å². The average molecular weight is 282 g/mol. The fourth-order valence-corrected chi connectivity index (χ4v) is 2.98. The van der Waals surface area contributed by atoms with Gasteiger partial charge in [0.25, 0.3) is 0 Å². The van der Waals surface area contributed by atoms with Gasteiger partial charge in [0.1, 0.15) is 5.75 Å². The highest BCUT2D eigenvalue weighted by molar-refractivity contribution is 5.40. The molecule has 0 aliphatic rings. The van der Waals surface area contributed by atoms with Gasteiger partial charge in [-0.25, -0.2) is 0 Å². The molecule has 1 nitrogen and oxygen atoms in total. The maximum atomic E-state index is 9.44. The lowest BCUT2D eigenvalue weighted by Gasteiger charge is -2.27. The van der Waals surface area contributed by atoms with Crippen molar-refractivity contribution < 1.29 is 5.11 Å². The molecule has 0 aromatic heterocycles. The summed E-state index contributed by atoms with van der Waals surface area (Å²) in [6.07, 6.45) is 2.38. The third-order valence-corrected chi connectivity index (χ3v) is 4.68. The minimum Gasteiger partial charge on any atom is -0.508 e. The summed E-state index contributed by atoms with van der Waals surface area (Å²) < 4.78 is 0. The maximum Gasteiger partial charge on any atom is 0.115 e. The van der Waals surface area contributed by atoms with E-state index in [0.717, 1.165) is 0 Å². The normalized spacial score (nSPS) is 11.9. The second kappa shape index (κ2) is 6.34. The van der Waals surface area contributed by atoms with Crippen LogP contribution in [0.25, 0.3) is 0 Å². The first-order chi connectivity index (χ1) is 9.98. The number of phenolic OH excluding ortho intramolecular Hbond substituents is 1. The lowest BCUT2D eigenvalue weighted by atomic mass is 9.77.